The molecular formula is C17H27NO3. The van der Waals surface area contributed by atoms with E-state index in [4.69, 9.17) is 14.2 Å². The highest BCUT2D eigenvalue weighted by molar-refractivity contribution is 5.43. The smallest absolute Gasteiger partial charge is 0.161 e. The van der Waals surface area contributed by atoms with E-state index >= 15 is 0 Å². The fourth-order valence-electron chi connectivity index (χ4n) is 3.12. The summed E-state index contributed by atoms with van der Waals surface area (Å²) in [5.74, 6) is 2.10. The summed E-state index contributed by atoms with van der Waals surface area (Å²) in [6.07, 6.45) is 1.09. The van der Waals surface area contributed by atoms with Crippen LogP contribution in [-0.2, 0) is 4.74 Å². The Morgan fingerprint density at radius 1 is 1.29 bits per heavy atom. The van der Waals surface area contributed by atoms with Crippen LogP contribution in [0.4, 0.5) is 0 Å². The molecule has 0 bridgehead atoms. The van der Waals surface area contributed by atoms with Gasteiger partial charge in [-0.2, -0.15) is 0 Å². The first kappa shape index (κ1) is 16.1. The van der Waals surface area contributed by atoms with Crippen LogP contribution in [0.15, 0.2) is 18.2 Å². The van der Waals surface area contributed by atoms with Gasteiger partial charge < -0.3 is 19.5 Å². The Morgan fingerprint density at radius 2 is 2.00 bits per heavy atom. The van der Waals surface area contributed by atoms with Crippen molar-refractivity contribution in [3.63, 3.8) is 0 Å². The van der Waals surface area contributed by atoms with Crippen LogP contribution in [0.25, 0.3) is 0 Å². The quantitative estimate of drug-likeness (QED) is 0.905. The molecule has 1 saturated heterocycles. The van der Waals surface area contributed by atoms with Gasteiger partial charge in [-0.1, -0.05) is 19.9 Å². The van der Waals surface area contributed by atoms with Crippen LogP contribution in [0.2, 0.25) is 0 Å². The van der Waals surface area contributed by atoms with Crippen molar-refractivity contribution in [2.75, 3.05) is 27.3 Å². The Morgan fingerprint density at radius 3 is 2.62 bits per heavy atom. The van der Waals surface area contributed by atoms with E-state index in [2.05, 4.69) is 32.2 Å². The van der Waals surface area contributed by atoms with Crippen LogP contribution in [-0.4, -0.2) is 32.9 Å². The van der Waals surface area contributed by atoms with E-state index < -0.39 is 0 Å². The standard InChI is InChI=1S/C17H27NO3/c1-12(2)9-17(3)11-18-10-16(21-17)13-6-7-14(19-4)15(8-13)20-5/h6-8,12,16,18H,9-11H2,1-5H3. The molecule has 2 rings (SSSR count). The summed E-state index contributed by atoms with van der Waals surface area (Å²) >= 11 is 0. The van der Waals surface area contributed by atoms with Crippen molar-refractivity contribution in [3.05, 3.63) is 23.8 Å². The number of nitrogens with one attached hydrogen (secondary N) is 1. The van der Waals surface area contributed by atoms with Crippen LogP contribution < -0.4 is 14.8 Å². The number of hydrogen-bond donors (Lipinski definition) is 1. The molecule has 1 aliphatic rings. The fourth-order valence-corrected chi connectivity index (χ4v) is 3.12. The summed E-state index contributed by atoms with van der Waals surface area (Å²) in [5.41, 5.74) is 0.999. The third-order valence-electron chi connectivity index (χ3n) is 3.87. The Bertz CT molecular complexity index is 475. The zero-order valence-electron chi connectivity index (χ0n) is 13.7. The number of ether oxygens (including phenoxy) is 3. The molecule has 4 nitrogen and oxygen atoms in total. The highest BCUT2D eigenvalue weighted by Gasteiger charge is 2.34. The number of benzene rings is 1. The molecule has 1 aromatic carbocycles. The average Bonchev–Trinajstić information content (AvgIpc) is 2.45. The summed E-state index contributed by atoms with van der Waals surface area (Å²) in [6.45, 7) is 8.37. The van der Waals surface area contributed by atoms with E-state index in [1.54, 1.807) is 14.2 Å². The summed E-state index contributed by atoms with van der Waals surface area (Å²) in [4.78, 5) is 0. The van der Waals surface area contributed by atoms with E-state index in [-0.39, 0.29) is 11.7 Å². The molecule has 0 aromatic heterocycles. The third-order valence-corrected chi connectivity index (χ3v) is 3.87. The first-order valence-corrected chi connectivity index (χ1v) is 7.58. The van der Waals surface area contributed by atoms with Crippen LogP contribution in [0.1, 0.15) is 38.9 Å². The molecule has 1 aromatic rings. The van der Waals surface area contributed by atoms with E-state index in [0.717, 1.165) is 36.6 Å². The number of methoxy groups -OCH3 is 2. The maximum atomic E-state index is 6.38. The van der Waals surface area contributed by atoms with Crippen LogP contribution in [0.5, 0.6) is 11.5 Å². The van der Waals surface area contributed by atoms with Crippen molar-refractivity contribution in [3.8, 4) is 11.5 Å². The Kier molecular flexibility index (Phi) is 5.12. The maximum absolute atomic E-state index is 6.38. The average molecular weight is 293 g/mol. The SMILES string of the molecule is COc1ccc(C2CNCC(C)(CC(C)C)O2)cc1OC. The number of morpholine rings is 1. The second kappa shape index (κ2) is 6.67. The van der Waals surface area contributed by atoms with Gasteiger partial charge in [0.15, 0.2) is 11.5 Å². The van der Waals surface area contributed by atoms with Crippen molar-refractivity contribution in [2.24, 2.45) is 5.92 Å². The number of hydrogen-bond acceptors (Lipinski definition) is 4. The van der Waals surface area contributed by atoms with Gasteiger partial charge in [0.25, 0.3) is 0 Å². The Balaban J connectivity index is 2.17. The normalized spacial score (nSPS) is 25.9. The minimum absolute atomic E-state index is 0.0438. The monoisotopic (exact) mass is 293 g/mol. The van der Waals surface area contributed by atoms with Gasteiger partial charge in [-0.25, -0.2) is 0 Å². The van der Waals surface area contributed by atoms with Gasteiger partial charge in [0.2, 0.25) is 0 Å². The van der Waals surface area contributed by atoms with E-state index in [0.29, 0.717) is 5.92 Å². The van der Waals surface area contributed by atoms with Gasteiger partial charge in [0.1, 0.15) is 0 Å². The summed E-state index contributed by atoms with van der Waals surface area (Å²) in [7, 11) is 3.31. The van der Waals surface area contributed by atoms with Crippen LogP contribution in [0.3, 0.4) is 0 Å². The van der Waals surface area contributed by atoms with Crippen molar-refractivity contribution >= 4 is 0 Å². The second-order valence-electron chi connectivity index (χ2n) is 6.40. The second-order valence-corrected chi connectivity index (χ2v) is 6.40. The Labute approximate surface area is 127 Å². The summed E-state index contributed by atoms with van der Waals surface area (Å²) < 4.78 is 17.1. The minimum atomic E-state index is -0.121. The lowest BCUT2D eigenvalue weighted by Gasteiger charge is -2.40. The topological polar surface area (TPSA) is 39.7 Å². The first-order valence-electron chi connectivity index (χ1n) is 7.58. The molecule has 1 fully saturated rings. The predicted octanol–water partition coefficient (Wildman–Crippen LogP) is 3.17. The lowest BCUT2D eigenvalue weighted by Crippen LogP contribution is -2.49. The van der Waals surface area contributed by atoms with E-state index in [9.17, 15) is 0 Å². The molecule has 4 heteroatoms. The zero-order valence-corrected chi connectivity index (χ0v) is 13.7. The summed E-state index contributed by atoms with van der Waals surface area (Å²) in [6, 6.07) is 5.99. The Hall–Kier alpha value is -1.26. The van der Waals surface area contributed by atoms with Crippen LogP contribution in [0, 0.1) is 5.92 Å². The molecule has 21 heavy (non-hydrogen) atoms. The van der Waals surface area contributed by atoms with Crippen molar-refractivity contribution < 1.29 is 14.2 Å². The molecule has 2 unspecified atom stereocenters. The largest absolute Gasteiger partial charge is 0.493 e. The molecule has 1 aliphatic heterocycles. The third kappa shape index (κ3) is 3.89. The maximum Gasteiger partial charge on any atom is 0.161 e. The fraction of sp³-hybridized carbons (Fsp3) is 0.647. The van der Waals surface area contributed by atoms with E-state index in [1.165, 1.54) is 0 Å². The molecule has 0 amide bonds. The van der Waals surface area contributed by atoms with Crippen molar-refractivity contribution in [1.29, 1.82) is 0 Å². The highest BCUT2D eigenvalue weighted by atomic mass is 16.5. The van der Waals surface area contributed by atoms with Crippen molar-refractivity contribution in [1.82, 2.24) is 5.32 Å². The van der Waals surface area contributed by atoms with Crippen molar-refractivity contribution in [2.45, 2.75) is 38.9 Å². The molecular weight excluding hydrogens is 266 g/mol. The zero-order chi connectivity index (χ0) is 15.5. The molecule has 0 radical (unpaired) electrons. The van der Waals surface area contributed by atoms with Gasteiger partial charge in [-0.3, -0.25) is 0 Å². The minimum Gasteiger partial charge on any atom is -0.493 e. The van der Waals surface area contributed by atoms with Gasteiger partial charge in [0, 0.05) is 13.1 Å². The van der Waals surface area contributed by atoms with Gasteiger partial charge >= 0.3 is 0 Å². The van der Waals surface area contributed by atoms with Crippen LogP contribution >= 0.6 is 0 Å². The molecule has 0 spiro atoms. The molecule has 2 atom stereocenters. The van der Waals surface area contributed by atoms with Gasteiger partial charge in [-0.15, -0.1) is 0 Å². The van der Waals surface area contributed by atoms with Gasteiger partial charge in [-0.05, 0) is 37.0 Å². The lowest BCUT2D eigenvalue weighted by atomic mass is 9.91. The van der Waals surface area contributed by atoms with Gasteiger partial charge in [0.05, 0.1) is 25.9 Å². The van der Waals surface area contributed by atoms with E-state index in [1.807, 2.05) is 12.1 Å². The lowest BCUT2D eigenvalue weighted by molar-refractivity contribution is -0.117. The predicted molar refractivity (Wildman–Crippen MR) is 84.1 cm³/mol. The highest BCUT2D eigenvalue weighted by Crippen LogP contribution is 2.35. The molecule has 118 valence electrons. The molecule has 1 heterocycles. The molecule has 1 N–H and O–H groups in total. The first-order chi connectivity index (χ1) is 9.97. The molecule has 0 aliphatic carbocycles. The summed E-state index contributed by atoms with van der Waals surface area (Å²) in [5, 5.41) is 3.50. The number of rotatable bonds is 5. The molecule has 0 saturated carbocycles.